The minimum absolute atomic E-state index is 0.000743. The molecule has 1 atom stereocenters. The molecule has 8 rings (SSSR count). The molecule has 14 nitrogen and oxygen atoms in total. The molecule has 14 heteroatoms. The van der Waals surface area contributed by atoms with Gasteiger partial charge in [0.15, 0.2) is 11.1 Å². The summed E-state index contributed by atoms with van der Waals surface area (Å²) >= 11 is 0. The van der Waals surface area contributed by atoms with Crippen LogP contribution in [0.4, 0.5) is 5.69 Å². The van der Waals surface area contributed by atoms with Gasteiger partial charge in [-0.3, -0.25) is 9.59 Å². The fourth-order valence-electron chi connectivity index (χ4n) is 8.28. The van der Waals surface area contributed by atoms with Gasteiger partial charge in [0.1, 0.15) is 43.0 Å². The van der Waals surface area contributed by atoms with E-state index in [0.717, 1.165) is 23.7 Å². The van der Waals surface area contributed by atoms with Gasteiger partial charge >= 0.3 is 17.9 Å². The molecule has 4 aliphatic rings. The first-order valence-electron chi connectivity index (χ1n) is 19.3. The van der Waals surface area contributed by atoms with Crippen molar-refractivity contribution in [3.05, 3.63) is 140 Å². The summed E-state index contributed by atoms with van der Waals surface area (Å²) in [6.07, 6.45) is 1.60. The summed E-state index contributed by atoms with van der Waals surface area (Å²) in [6.45, 7) is -0.356. The van der Waals surface area contributed by atoms with Gasteiger partial charge < -0.3 is 39.8 Å². The number of phenols is 1. The molecule has 0 spiro atoms. The van der Waals surface area contributed by atoms with E-state index in [1.165, 1.54) is 60.3 Å². The van der Waals surface area contributed by atoms with Crippen molar-refractivity contribution in [1.82, 2.24) is 5.32 Å². The lowest BCUT2D eigenvalue weighted by Crippen LogP contribution is -2.34. The summed E-state index contributed by atoms with van der Waals surface area (Å²) in [4.78, 5) is 66.8. The van der Waals surface area contributed by atoms with Crippen LogP contribution >= 0.6 is 0 Å². The van der Waals surface area contributed by atoms with Gasteiger partial charge in [-0.05, 0) is 95.4 Å². The van der Waals surface area contributed by atoms with E-state index in [4.69, 9.17) is 9.15 Å². The Balaban J connectivity index is 1.21. The second-order valence-corrected chi connectivity index (χ2v) is 15.4. The summed E-state index contributed by atoms with van der Waals surface area (Å²) in [6, 6.07) is 20.7. The van der Waals surface area contributed by atoms with Crippen molar-refractivity contribution >= 4 is 51.8 Å². The maximum Gasteiger partial charge on any atom is 0.336 e. The van der Waals surface area contributed by atoms with Crippen molar-refractivity contribution in [2.24, 2.45) is 0 Å². The number of carbonyl (C=O) groups excluding carboxylic acids is 1. The third-order valence-corrected chi connectivity index (χ3v) is 11.4. The van der Waals surface area contributed by atoms with Crippen LogP contribution in [0.25, 0.3) is 39.0 Å². The zero-order valence-electron chi connectivity index (χ0n) is 33.5. The zero-order chi connectivity index (χ0) is 43.4. The first-order chi connectivity index (χ1) is 29.1. The van der Waals surface area contributed by atoms with Crippen LogP contribution < -0.4 is 20.4 Å². The third kappa shape index (κ3) is 7.22. The molecule has 308 valence electrons. The SMILES string of the molecule is CN(C)c1ccc2c(c1)OC1CC(=[N+](C)C)CCC1=C2c1cc(C(=O)NCc2c3oc4cc(O)ccc4c(-c4ccc(C(=O)O)cc4C(=O)O)c-3ccc2=O)ccc1C(=O)O. The lowest BCUT2D eigenvalue weighted by atomic mass is 9.79. The largest absolute Gasteiger partial charge is 0.508 e. The Labute approximate surface area is 348 Å². The van der Waals surface area contributed by atoms with Crippen LogP contribution in [-0.2, 0) is 6.54 Å². The molecular formula is C47H40N3O11+. The third-order valence-electron chi connectivity index (χ3n) is 11.4. The normalized spacial score (nSPS) is 14.6. The molecule has 2 aliphatic carbocycles. The number of aromatic carboxylic acids is 3. The first-order valence-corrected chi connectivity index (χ1v) is 19.3. The highest BCUT2D eigenvalue weighted by molar-refractivity contribution is 6.09. The second kappa shape index (κ2) is 15.5. The standard InChI is InChI=1S/C47H39N3O11/c1-49(2)25-7-12-30-38(19-25)60-39-20-26(50(3)4)8-13-31(39)42(30)34-17-23(5-11-29(34)46(56)57)44(53)48-22-36-37(52)16-15-33-41(32-14-9-27(51)21-40(32)61-43(33)36)28-10-6-24(45(54)55)18-35(28)47(58)59/h5-7,9-12,14-19,21,39H,8,13,20,22H2,1-4H3,(H4-,48,51,52,53,54,55,56,57,58,59)/p+1. The van der Waals surface area contributed by atoms with E-state index >= 15 is 0 Å². The van der Waals surface area contributed by atoms with Crippen molar-refractivity contribution in [2.75, 3.05) is 33.1 Å². The number of nitrogens with one attached hydrogen (secondary N) is 1. The van der Waals surface area contributed by atoms with Gasteiger partial charge in [0, 0.05) is 66.0 Å². The van der Waals surface area contributed by atoms with E-state index in [1.807, 2.05) is 51.3 Å². The van der Waals surface area contributed by atoms with E-state index in [2.05, 4.69) is 9.89 Å². The Hall–Kier alpha value is -7.74. The second-order valence-electron chi connectivity index (χ2n) is 15.4. The number of nitrogens with zero attached hydrogens (tertiary/aromatic N) is 2. The van der Waals surface area contributed by atoms with Crippen molar-refractivity contribution in [3.8, 4) is 33.9 Å². The van der Waals surface area contributed by atoms with Gasteiger partial charge in [-0.1, -0.05) is 6.07 Å². The molecule has 2 aliphatic heterocycles. The highest BCUT2D eigenvalue weighted by atomic mass is 16.5. The van der Waals surface area contributed by atoms with Crippen LogP contribution in [0.15, 0.2) is 99.7 Å². The monoisotopic (exact) mass is 822 g/mol. The Morgan fingerprint density at radius 2 is 1.49 bits per heavy atom. The number of rotatable bonds is 9. The number of phenolic OH excluding ortho intramolecular Hbond substituents is 1. The topological polar surface area (TPSA) is 207 Å². The minimum Gasteiger partial charge on any atom is -0.508 e. The Morgan fingerprint density at radius 1 is 0.770 bits per heavy atom. The van der Waals surface area contributed by atoms with Crippen LogP contribution in [0.3, 0.4) is 0 Å². The predicted octanol–water partition coefficient (Wildman–Crippen LogP) is 6.82. The Kier molecular flexibility index (Phi) is 10.1. The molecular weight excluding hydrogens is 783 g/mol. The van der Waals surface area contributed by atoms with Gasteiger partial charge in [0.25, 0.3) is 5.91 Å². The van der Waals surface area contributed by atoms with Crippen LogP contribution in [0.5, 0.6) is 11.5 Å². The van der Waals surface area contributed by atoms with Crippen molar-refractivity contribution in [2.45, 2.75) is 31.9 Å². The number of ether oxygens (including phenoxy) is 1. The van der Waals surface area contributed by atoms with Gasteiger partial charge in [-0.25, -0.2) is 19.0 Å². The molecule has 1 unspecified atom stereocenters. The number of fused-ring (bicyclic) bond motifs is 4. The number of carboxylic acids is 3. The molecule has 0 aromatic heterocycles. The molecule has 1 saturated carbocycles. The average Bonchev–Trinajstić information content (AvgIpc) is 3.23. The van der Waals surface area contributed by atoms with E-state index < -0.39 is 29.2 Å². The summed E-state index contributed by atoms with van der Waals surface area (Å²) < 4.78 is 14.9. The first kappa shape index (κ1) is 40.1. The van der Waals surface area contributed by atoms with E-state index in [0.29, 0.717) is 51.8 Å². The van der Waals surface area contributed by atoms with E-state index in [-0.39, 0.29) is 63.1 Å². The van der Waals surface area contributed by atoms with Gasteiger partial charge in [0.05, 0.1) is 35.2 Å². The molecule has 61 heavy (non-hydrogen) atoms. The maximum absolute atomic E-state index is 14.1. The number of hydrogen-bond donors (Lipinski definition) is 5. The highest BCUT2D eigenvalue weighted by Gasteiger charge is 2.37. The molecule has 4 aromatic carbocycles. The van der Waals surface area contributed by atoms with Crippen molar-refractivity contribution < 1.29 is 53.3 Å². The fourth-order valence-corrected chi connectivity index (χ4v) is 8.28. The van der Waals surface area contributed by atoms with Gasteiger partial charge in [0.2, 0.25) is 0 Å². The molecule has 1 amide bonds. The van der Waals surface area contributed by atoms with Crippen molar-refractivity contribution in [3.63, 3.8) is 0 Å². The lowest BCUT2D eigenvalue weighted by molar-refractivity contribution is -0.467. The number of anilines is 1. The Morgan fingerprint density at radius 3 is 2.20 bits per heavy atom. The number of aromatic hydroxyl groups is 1. The summed E-state index contributed by atoms with van der Waals surface area (Å²) in [7, 11) is 7.81. The molecule has 0 bridgehead atoms. The van der Waals surface area contributed by atoms with Crippen LogP contribution in [0.2, 0.25) is 0 Å². The zero-order valence-corrected chi connectivity index (χ0v) is 33.5. The molecule has 0 saturated heterocycles. The number of carbonyl (C=O) groups is 4. The quantitative estimate of drug-likeness (QED) is 0.0752. The van der Waals surface area contributed by atoms with Gasteiger partial charge in [-0.2, -0.15) is 0 Å². The number of carboxylic acid groups (broad SMARTS) is 3. The Bertz CT molecular complexity index is 2970. The fraction of sp³-hybridized carbons (Fsp3) is 0.191. The van der Waals surface area contributed by atoms with Crippen LogP contribution in [0.1, 0.15) is 77.4 Å². The smallest absolute Gasteiger partial charge is 0.336 e. The molecule has 1 fully saturated rings. The lowest BCUT2D eigenvalue weighted by Gasteiger charge is -2.35. The molecule has 2 heterocycles. The molecule has 5 N–H and O–H groups in total. The number of amides is 1. The summed E-state index contributed by atoms with van der Waals surface area (Å²) in [5.41, 5.74) is 4.65. The van der Waals surface area contributed by atoms with Crippen LogP contribution in [-0.4, -0.2) is 88.8 Å². The van der Waals surface area contributed by atoms with E-state index in [1.54, 1.807) is 6.07 Å². The minimum atomic E-state index is -1.39. The van der Waals surface area contributed by atoms with Crippen molar-refractivity contribution in [1.29, 1.82) is 0 Å². The predicted molar refractivity (Wildman–Crippen MR) is 227 cm³/mol. The van der Waals surface area contributed by atoms with Crippen LogP contribution in [0, 0.1) is 0 Å². The average molecular weight is 823 g/mol. The maximum atomic E-state index is 14.1. The summed E-state index contributed by atoms with van der Waals surface area (Å²) in [5, 5.41) is 43.8. The number of benzene rings is 5. The number of hydrogen-bond acceptors (Lipinski definition) is 9. The summed E-state index contributed by atoms with van der Waals surface area (Å²) in [5.74, 6) is -4.08. The van der Waals surface area contributed by atoms with Gasteiger partial charge in [-0.15, -0.1) is 0 Å². The van der Waals surface area contributed by atoms with E-state index in [9.17, 15) is 44.4 Å². The highest BCUT2D eigenvalue weighted by Crippen LogP contribution is 2.47. The molecule has 4 aromatic rings. The molecule has 0 radical (unpaired) electrons.